The van der Waals surface area contributed by atoms with Crippen LogP contribution in [0, 0.1) is 5.41 Å². The second-order valence-corrected chi connectivity index (χ2v) is 4.04. The van der Waals surface area contributed by atoms with E-state index in [2.05, 4.69) is 4.98 Å². The molecular weight excluding hydrogens is 226 g/mol. The van der Waals surface area contributed by atoms with Crippen molar-refractivity contribution >= 4 is 11.6 Å². The van der Waals surface area contributed by atoms with Gasteiger partial charge in [0.05, 0.1) is 12.2 Å². The van der Waals surface area contributed by atoms with Crippen LogP contribution in [0.3, 0.4) is 0 Å². The number of anilines is 2. The lowest BCUT2D eigenvalue weighted by Crippen LogP contribution is -2.47. The second-order valence-electron chi connectivity index (χ2n) is 4.04. The molecule has 8 heteroatoms. The topological polar surface area (TPSA) is 132 Å². The zero-order valence-electron chi connectivity index (χ0n) is 9.11. The summed E-state index contributed by atoms with van der Waals surface area (Å²) in [6.07, 6.45) is -1.16. The fourth-order valence-electron chi connectivity index (χ4n) is 1.79. The number of hydrogen-bond donors (Lipinski definition) is 5. The molecule has 0 bridgehead atoms. The van der Waals surface area contributed by atoms with Crippen LogP contribution in [-0.4, -0.2) is 50.4 Å². The van der Waals surface area contributed by atoms with E-state index in [1.807, 2.05) is 0 Å². The molecule has 8 nitrogen and oxygen atoms in total. The molecule has 1 fully saturated rings. The van der Waals surface area contributed by atoms with E-state index in [1.54, 1.807) is 4.90 Å². The molecule has 0 unspecified atom stereocenters. The highest BCUT2D eigenvalue weighted by molar-refractivity contribution is 5.46. The Morgan fingerprint density at radius 3 is 2.71 bits per heavy atom. The Labute approximate surface area is 97.0 Å². The van der Waals surface area contributed by atoms with Crippen LogP contribution >= 0.6 is 0 Å². The van der Waals surface area contributed by atoms with Crippen LogP contribution in [0.4, 0.5) is 11.6 Å². The lowest BCUT2D eigenvalue weighted by atomic mass is 10.1. The van der Waals surface area contributed by atoms with Crippen LogP contribution < -0.4 is 16.3 Å². The number of nitrogens with one attached hydrogen (secondary N) is 1. The smallest absolute Gasteiger partial charge is 0.259 e. The molecule has 0 aromatic carbocycles. The van der Waals surface area contributed by atoms with E-state index in [1.165, 1.54) is 6.07 Å². The maximum absolute atomic E-state index is 9.55. The Hall–Kier alpha value is -1.80. The Balaban J connectivity index is 2.26. The Bertz CT molecular complexity index is 474. The first-order valence-corrected chi connectivity index (χ1v) is 5.23. The largest absolute Gasteiger partial charge is 0.423 e. The zero-order valence-corrected chi connectivity index (χ0v) is 9.11. The SMILES string of the molecule is N=c1nc(N2CC[C@@H](O)[C@@H](O)C2)cc(N)n1O. The fourth-order valence-corrected chi connectivity index (χ4v) is 1.79. The summed E-state index contributed by atoms with van der Waals surface area (Å²) in [6, 6.07) is 1.42. The molecule has 0 radical (unpaired) electrons. The van der Waals surface area contributed by atoms with E-state index >= 15 is 0 Å². The number of aliphatic hydroxyl groups excluding tert-OH is 2. The van der Waals surface area contributed by atoms with Crippen LogP contribution in [0.15, 0.2) is 6.07 Å². The van der Waals surface area contributed by atoms with Crippen molar-refractivity contribution in [3.8, 4) is 0 Å². The summed E-state index contributed by atoms with van der Waals surface area (Å²) in [5.41, 5.74) is 5.13. The second kappa shape index (κ2) is 4.22. The maximum atomic E-state index is 9.55. The van der Waals surface area contributed by atoms with E-state index in [4.69, 9.17) is 11.1 Å². The highest BCUT2D eigenvalue weighted by Gasteiger charge is 2.26. The third-order valence-electron chi connectivity index (χ3n) is 2.81. The van der Waals surface area contributed by atoms with Gasteiger partial charge in [-0.1, -0.05) is 0 Å². The van der Waals surface area contributed by atoms with Gasteiger partial charge < -0.3 is 26.1 Å². The molecule has 1 saturated heterocycles. The summed E-state index contributed by atoms with van der Waals surface area (Å²) < 4.78 is 0.471. The monoisotopic (exact) mass is 241 g/mol. The molecule has 1 aliphatic rings. The van der Waals surface area contributed by atoms with Gasteiger partial charge in [0.25, 0.3) is 5.62 Å². The molecule has 1 aromatic heterocycles. The fraction of sp³-hybridized carbons (Fsp3) is 0.556. The number of piperidine rings is 1. The summed E-state index contributed by atoms with van der Waals surface area (Å²) >= 11 is 0. The number of nitrogens with two attached hydrogens (primary N) is 1. The Kier molecular flexibility index (Phi) is 2.90. The van der Waals surface area contributed by atoms with Crippen molar-refractivity contribution in [3.63, 3.8) is 0 Å². The normalized spacial score (nSPS) is 24.9. The van der Waals surface area contributed by atoms with E-state index in [-0.39, 0.29) is 18.0 Å². The minimum absolute atomic E-state index is 0.000566. The number of β-amino-alcohol motifs (C(OH)–C–C–N with tert-alkyl or cyclic N) is 1. The van der Waals surface area contributed by atoms with Gasteiger partial charge in [0.15, 0.2) is 0 Å². The number of aromatic nitrogens is 2. The lowest BCUT2D eigenvalue weighted by Gasteiger charge is -2.34. The van der Waals surface area contributed by atoms with Crippen molar-refractivity contribution in [2.24, 2.45) is 0 Å². The van der Waals surface area contributed by atoms with E-state index in [0.29, 0.717) is 23.5 Å². The van der Waals surface area contributed by atoms with Crippen LogP contribution in [-0.2, 0) is 0 Å². The minimum atomic E-state index is -0.845. The van der Waals surface area contributed by atoms with Gasteiger partial charge in [-0.25, -0.2) is 0 Å². The predicted molar refractivity (Wildman–Crippen MR) is 58.5 cm³/mol. The Morgan fingerprint density at radius 1 is 1.41 bits per heavy atom. The molecule has 0 saturated carbocycles. The van der Waals surface area contributed by atoms with Crippen molar-refractivity contribution < 1.29 is 15.4 Å². The third-order valence-corrected chi connectivity index (χ3v) is 2.81. The predicted octanol–water partition coefficient (Wildman–Crippen LogP) is -1.89. The molecule has 2 heterocycles. The summed E-state index contributed by atoms with van der Waals surface area (Å²) in [4.78, 5) is 5.56. The van der Waals surface area contributed by atoms with Crippen LogP contribution in [0.1, 0.15) is 6.42 Å². The number of nitrogens with zero attached hydrogens (tertiary/aromatic N) is 3. The first-order valence-electron chi connectivity index (χ1n) is 5.23. The average Bonchev–Trinajstić information content (AvgIpc) is 2.29. The average molecular weight is 241 g/mol. The van der Waals surface area contributed by atoms with Gasteiger partial charge in [-0.15, -0.1) is 4.73 Å². The first kappa shape index (κ1) is 11.7. The zero-order chi connectivity index (χ0) is 12.6. The molecule has 1 aromatic rings. The molecular formula is C9H15N5O3. The summed E-state index contributed by atoms with van der Waals surface area (Å²) in [5, 5.41) is 35.6. The lowest BCUT2D eigenvalue weighted by molar-refractivity contribution is 0.00781. The van der Waals surface area contributed by atoms with Crippen molar-refractivity contribution in [1.82, 2.24) is 9.71 Å². The van der Waals surface area contributed by atoms with Crippen molar-refractivity contribution in [2.75, 3.05) is 23.7 Å². The van der Waals surface area contributed by atoms with E-state index in [0.717, 1.165) is 0 Å². The van der Waals surface area contributed by atoms with Crippen molar-refractivity contribution in [2.45, 2.75) is 18.6 Å². The molecule has 6 N–H and O–H groups in total. The maximum Gasteiger partial charge on any atom is 0.259 e. The van der Waals surface area contributed by atoms with Crippen molar-refractivity contribution in [1.29, 1.82) is 5.41 Å². The van der Waals surface area contributed by atoms with Crippen LogP contribution in [0.5, 0.6) is 0 Å². The number of rotatable bonds is 1. The number of nitrogen functional groups attached to an aromatic ring is 1. The minimum Gasteiger partial charge on any atom is -0.423 e. The van der Waals surface area contributed by atoms with Crippen LogP contribution in [0.25, 0.3) is 0 Å². The van der Waals surface area contributed by atoms with Gasteiger partial charge in [-0.2, -0.15) is 4.98 Å². The quantitative estimate of drug-likeness (QED) is 0.365. The van der Waals surface area contributed by atoms with Gasteiger partial charge in [0.2, 0.25) is 0 Å². The highest BCUT2D eigenvalue weighted by atomic mass is 16.5. The summed E-state index contributed by atoms with van der Waals surface area (Å²) in [7, 11) is 0. The first-order chi connectivity index (χ1) is 7.99. The number of hydrogen-bond acceptors (Lipinski definition) is 7. The Morgan fingerprint density at radius 2 is 2.12 bits per heavy atom. The van der Waals surface area contributed by atoms with Gasteiger partial charge in [-0.3, -0.25) is 5.41 Å². The highest BCUT2D eigenvalue weighted by Crippen LogP contribution is 2.18. The molecule has 0 amide bonds. The summed E-state index contributed by atoms with van der Waals surface area (Å²) in [6.45, 7) is 0.738. The summed E-state index contributed by atoms with van der Waals surface area (Å²) in [5.74, 6) is 0.407. The standard InChI is InChI=1S/C9H15N5O3/c10-7-3-8(12-9(11)14(7)17)13-2-1-5(15)6(16)4-13/h3,5-6,11,15-17H,1-2,4,10H2/t5-,6+/m1/s1. The molecule has 1 aliphatic heterocycles. The van der Waals surface area contributed by atoms with Crippen LogP contribution in [0.2, 0.25) is 0 Å². The number of aliphatic hydroxyl groups is 2. The molecule has 2 rings (SSSR count). The van der Waals surface area contributed by atoms with Gasteiger partial charge in [0, 0.05) is 19.2 Å². The van der Waals surface area contributed by atoms with Crippen molar-refractivity contribution in [3.05, 3.63) is 11.7 Å². The molecule has 94 valence electrons. The molecule has 0 aliphatic carbocycles. The van der Waals surface area contributed by atoms with Gasteiger partial charge in [-0.05, 0) is 6.42 Å². The van der Waals surface area contributed by atoms with E-state index in [9.17, 15) is 15.4 Å². The van der Waals surface area contributed by atoms with Gasteiger partial charge >= 0.3 is 0 Å². The third kappa shape index (κ3) is 2.17. The van der Waals surface area contributed by atoms with E-state index < -0.39 is 12.2 Å². The molecule has 17 heavy (non-hydrogen) atoms. The van der Waals surface area contributed by atoms with Gasteiger partial charge in [0.1, 0.15) is 11.6 Å². The molecule has 0 spiro atoms. The molecule has 2 atom stereocenters.